The summed E-state index contributed by atoms with van der Waals surface area (Å²) in [7, 11) is 0. The summed E-state index contributed by atoms with van der Waals surface area (Å²) in [5.41, 5.74) is 12.2. The smallest absolute Gasteiger partial charge is 0.0689 e. The molecule has 0 bridgehead atoms. The van der Waals surface area contributed by atoms with E-state index < -0.39 is 0 Å². The maximum Gasteiger partial charge on any atom is 0.0689 e. The van der Waals surface area contributed by atoms with Crippen molar-refractivity contribution in [1.82, 2.24) is 4.90 Å². The highest BCUT2D eigenvalue weighted by Gasteiger charge is 2.26. The van der Waals surface area contributed by atoms with Crippen molar-refractivity contribution < 1.29 is 0 Å². The van der Waals surface area contributed by atoms with Crippen LogP contribution >= 0.6 is 0 Å². The van der Waals surface area contributed by atoms with E-state index >= 15 is 0 Å². The van der Waals surface area contributed by atoms with Crippen molar-refractivity contribution in [3.8, 4) is 0 Å². The molecule has 0 amide bonds. The van der Waals surface area contributed by atoms with Crippen molar-refractivity contribution in [3.05, 3.63) is 148 Å². The molecule has 3 nitrogen and oxygen atoms in total. The Balaban J connectivity index is 1.27. The SMILES string of the molecule is C=C(CC(C)c1ccccc1)C(=Nc1ccccc1C)C1CCN(Cc2ccc(C(=N)c3ccccc3C)c(C)c2)CC1. The summed E-state index contributed by atoms with van der Waals surface area (Å²) in [5.74, 6) is 0.805. The number of para-hydroxylation sites is 1. The normalized spacial score (nSPS) is 15.3. The van der Waals surface area contributed by atoms with Gasteiger partial charge in [0.2, 0.25) is 0 Å². The lowest BCUT2D eigenvalue weighted by Gasteiger charge is -2.33. The first-order valence-corrected chi connectivity index (χ1v) is 15.6. The molecule has 4 aromatic rings. The number of piperidine rings is 1. The third-order valence-corrected chi connectivity index (χ3v) is 8.99. The van der Waals surface area contributed by atoms with Gasteiger partial charge >= 0.3 is 0 Å². The zero-order chi connectivity index (χ0) is 30.3. The molecule has 0 aromatic heterocycles. The first-order valence-electron chi connectivity index (χ1n) is 15.6. The third-order valence-electron chi connectivity index (χ3n) is 8.99. The number of aliphatic imine (C=N–C) groups is 1. The van der Waals surface area contributed by atoms with Crippen LogP contribution in [0.25, 0.3) is 0 Å². The quantitative estimate of drug-likeness (QED) is 0.190. The largest absolute Gasteiger partial charge is 0.300 e. The predicted molar refractivity (Wildman–Crippen MR) is 183 cm³/mol. The third kappa shape index (κ3) is 7.47. The van der Waals surface area contributed by atoms with E-state index in [9.17, 15) is 0 Å². The maximum absolute atomic E-state index is 8.83. The van der Waals surface area contributed by atoms with Crippen molar-refractivity contribution in [2.45, 2.75) is 59.4 Å². The minimum Gasteiger partial charge on any atom is -0.300 e. The van der Waals surface area contributed by atoms with Gasteiger partial charge in [0.1, 0.15) is 0 Å². The fourth-order valence-corrected chi connectivity index (χ4v) is 6.38. The molecule has 1 aliphatic heterocycles. The molecule has 1 heterocycles. The molecule has 5 rings (SSSR count). The summed E-state index contributed by atoms with van der Waals surface area (Å²) < 4.78 is 0. The molecule has 1 fully saturated rings. The maximum atomic E-state index is 8.83. The van der Waals surface area contributed by atoms with Gasteiger partial charge in [-0.2, -0.15) is 0 Å². The van der Waals surface area contributed by atoms with Crippen LogP contribution < -0.4 is 0 Å². The van der Waals surface area contributed by atoms with Gasteiger partial charge in [0, 0.05) is 29.3 Å². The van der Waals surface area contributed by atoms with Crippen LogP contribution in [0.3, 0.4) is 0 Å². The highest BCUT2D eigenvalue weighted by molar-refractivity contribution is 6.12. The molecule has 1 atom stereocenters. The number of benzene rings is 4. The van der Waals surface area contributed by atoms with Gasteiger partial charge in [0.25, 0.3) is 0 Å². The molecule has 43 heavy (non-hydrogen) atoms. The molecular weight excluding hydrogens is 522 g/mol. The average molecular weight is 568 g/mol. The Bertz CT molecular complexity index is 1610. The lowest BCUT2D eigenvalue weighted by molar-refractivity contribution is 0.202. The van der Waals surface area contributed by atoms with Gasteiger partial charge in [0.15, 0.2) is 0 Å². The van der Waals surface area contributed by atoms with E-state index in [-0.39, 0.29) is 0 Å². The van der Waals surface area contributed by atoms with E-state index in [4.69, 9.17) is 10.4 Å². The van der Waals surface area contributed by atoms with Crippen LogP contribution in [0.1, 0.15) is 71.0 Å². The number of nitrogens with zero attached hydrogens (tertiary/aromatic N) is 2. The molecule has 4 aromatic carbocycles. The van der Waals surface area contributed by atoms with Gasteiger partial charge in [0.05, 0.1) is 11.4 Å². The molecular formula is C40H45N3. The summed E-state index contributed by atoms with van der Waals surface area (Å²) in [6.45, 7) is 16.3. The number of allylic oxidation sites excluding steroid dienone is 1. The number of nitrogens with one attached hydrogen (secondary N) is 1. The minimum absolute atomic E-state index is 0.398. The van der Waals surface area contributed by atoms with Gasteiger partial charge in [-0.1, -0.05) is 104 Å². The molecule has 0 saturated carbocycles. The van der Waals surface area contributed by atoms with Crippen LogP contribution in [-0.2, 0) is 6.54 Å². The molecule has 1 unspecified atom stereocenters. The van der Waals surface area contributed by atoms with Crippen molar-refractivity contribution in [2.75, 3.05) is 13.1 Å². The number of hydrogen-bond acceptors (Lipinski definition) is 3. The van der Waals surface area contributed by atoms with Gasteiger partial charge in [-0.05, 0) is 98.5 Å². The van der Waals surface area contributed by atoms with Crippen molar-refractivity contribution >= 4 is 17.1 Å². The van der Waals surface area contributed by atoms with Crippen LogP contribution in [0.4, 0.5) is 5.69 Å². The monoisotopic (exact) mass is 567 g/mol. The summed E-state index contributed by atoms with van der Waals surface area (Å²) in [4.78, 5) is 7.85. The Hall–Kier alpha value is -4.08. The van der Waals surface area contributed by atoms with Crippen molar-refractivity contribution in [1.29, 1.82) is 5.41 Å². The molecule has 1 N–H and O–H groups in total. The first kappa shape index (κ1) is 30.4. The van der Waals surface area contributed by atoms with E-state index in [0.29, 0.717) is 17.5 Å². The molecule has 0 radical (unpaired) electrons. The van der Waals surface area contributed by atoms with E-state index in [1.165, 1.54) is 28.0 Å². The van der Waals surface area contributed by atoms with Crippen LogP contribution in [0.2, 0.25) is 0 Å². The van der Waals surface area contributed by atoms with Crippen LogP contribution in [0, 0.1) is 32.1 Å². The van der Waals surface area contributed by atoms with Gasteiger partial charge in [-0.15, -0.1) is 0 Å². The number of aryl methyl sites for hydroxylation is 3. The Morgan fingerprint density at radius 1 is 0.814 bits per heavy atom. The van der Waals surface area contributed by atoms with Crippen LogP contribution in [-0.4, -0.2) is 29.4 Å². The zero-order valence-electron chi connectivity index (χ0n) is 26.2. The molecule has 1 aliphatic rings. The van der Waals surface area contributed by atoms with E-state index in [1.807, 2.05) is 18.2 Å². The predicted octanol–water partition coefficient (Wildman–Crippen LogP) is 9.76. The van der Waals surface area contributed by atoms with E-state index in [1.54, 1.807) is 0 Å². The lowest BCUT2D eigenvalue weighted by Crippen LogP contribution is -2.36. The Labute approximate surface area is 258 Å². The number of likely N-dealkylation sites (tertiary alicyclic amines) is 1. The summed E-state index contributed by atoms with van der Waals surface area (Å²) >= 11 is 0. The van der Waals surface area contributed by atoms with Gasteiger partial charge in [-0.25, -0.2) is 0 Å². The topological polar surface area (TPSA) is 39.5 Å². The standard InChI is InChI=1S/C40H45N3/c1-28-13-9-11-17-36(28)39(41)37-20-19-33(26-31(37)4)27-43-23-21-35(22-24-43)40(42-38-18-12-10-14-29(38)2)32(5)25-30(3)34-15-7-6-8-16-34/h6-20,26,30,35,41H,5,21-25,27H2,1-4H3. The second-order valence-electron chi connectivity index (χ2n) is 12.3. The second kappa shape index (κ2) is 13.9. The van der Waals surface area contributed by atoms with Crippen molar-refractivity contribution in [2.24, 2.45) is 10.9 Å². The summed E-state index contributed by atoms with van der Waals surface area (Å²) in [5, 5.41) is 8.83. The number of hydrogen-bond donors (Lipinski definition) is 1. The molecule has 0 spiro atoms. The van der Waals surface area contributed by atoms with Crippen LogP contribution in [0.5, 0.6) is 0 Å². The highest BCUT2D eigenvalue weighted by Crippen LogP contribution is 2.31. The Kier molecular flexibility index (Phi) is 9.84. The van der Waals surface area contributed by atoms with E-state index in [2.05, 4.69) is 118 Å². The summed E-state index contributed by atoms with van der Waals surface area (Å²) in [6.07, 6.45) is 3.08. The Morgan fingerprint density at radius 3 is 2.12 bits per heavy atom. The second-order valence-corrected chi connectivity index (χ2v) is 12.3. The molecule has 0 aliphatic carbocycles. The molecule has 3 heteroatoms. The highest BCUT2D eigenvalue weighted by atomic mass is 15.1. The van der Waals surface area contributed by atoms with E-state index in [0.717, 1.165) is 66.8 Å². The Morgan fingerprint density at radius 2 is 1.44 bits per heavy atom. The fourth-order valence-electron chi connectivity index (χ4n) is 6.38. The van der Waals surface area contributed by atoms with Crippen molar-refractivity contribution in [3.63, 3.8) is 0 Å². The first-order chi connectivity index (χ1) is 20.8. The molecule has 220 valence electrons. The minimum atomic E-state index is 0.398. The average Bonchev–Trinajstić information content (AvgIpc) is 3.01. The van der Waals surface area contributed by atoms with Crippen LogP contribution in [0.15, 0.2) is 114 Å². The van der Waals surface area contributed by atoms with Gasteiger partial charge in [-0.3, -0.25) is 15.3 Å². The molecule has 1 saturated heterocycles. The lowest BCUT2D eigenvalue weighted by atomic mass is 9.84. The summed E-state index contributed by atoms with van der Waals surface area (Å²) in [6, 6.07) is 34.0. The number of rotatable bonds is 10. The fraction of sp³-hybridized carbons (Fsp3) is 0.300. The van der Waals surface area contributed by atoms with Gasteiger partial charge < -0.3 is 0 Å². The zero-order valence-corrected chi connectivity index (χ0v) is 26.2.